The summed E-state index contributed by atoms with van der Waals surface area (Å²) in [4.78, 5) is 27.8. The fourth-order valence-corrected chi connectivity index (χ4v) is 4.27. The molecule has 1 saturated heterocycles. The first kappa shape index (κ1) is 20.5. The van der Waals surface area contributed by atoms with E-state index < -0.39 is 12.0 Å². The third kappa shape index (κ3) is 3.92. The van der Waals surface area contributed by atoms with Crippen LogP contribution in [0.5, 0.6) is 0 Å². The Morgan fingerprint density at radius 3 is 2.91 bits per heavy atom. The van der Waals surface area contributed by atoms with E-state index in [-0.39, 0.29) is 11.9 Å². The van der Waals surface area contributed by atoms with Crippen molar-refractivity contribution in [3.05, 3.63) is 54.4 Å². The van der Waals surface area contributed by atoms with Crippen LogP contribution in [0.2, 0.25) is 0 Å². The average molecular weight is 462 g/mol. The van der Waals surface area contributed by atoms with Crippen molar-refractivity contribution in [2.24, 2.45) is 5.73 Å². The Kier molecular flexibility index (Phi) is 4.87. The second-order valence-electron chi connectivity index (χ2n) is 8.71. The van der Waals surface area contributed by atoms with E-state index in [0.717, 1.165) is 5.69 Å². The molecule has 1 saturated carbocycles. The lowest BCUT2D eigenvalue weighted by Crippen LogP contribution is -2.41. The highest BCUT2D eigenvalue weighted by Gasteiger charge is 2.37. The number of rotatable bonds is 6. The number of H-pyrrole nitrogens is 1. The molecule has 34 heavy (non-hydrogen) atoms. The smallest absolute Gasteiger partial charge is 0.247 e. The largest absolute Gasteiger partial charge is 0.327 e. The van der Waals surface area contributed by atoms with Crippen LogP contribution in [0, 0.1) is 5.95 Å². The summed E-state index contributed by atoms with van der Waals surface area (Å²) in [6, 6.07) is 7.58. The minimum Gasteiger partial charge on any atom is -0.327 e. The number of carbonyl (C=O) groups excluding carboxylic acids is 1. The number of hydrogen-bond donors (Lipinski definition) is 4. The van der Waals surface area contributed by atoms with Gasteiger partial charge in [0, 0.05) is 36.5 Å². The van der Waals surface area contributed by atoms with Gasteiger partial charge in [-0.05, 0) is 43.5 Å². The van der Waals surface area contributed by atoms with Gasteiger partial charge in [-0.15, -0.1) is 0 Å². The summed E-state index contributed by atoms with van der Waals surface area (Å²) in [5.41, 5.74) is 8.41. The number of fused-ring (bicyclic) bond motifs is 1. The number of halogens is 1. The second kappa shape index (κ2) is 8.06. The van der Waals surface area contributed by atoms with Gasteiger partial charge < -0.3 is 21.3 Å². The fourth-order valence-electron chi connectivity index (χ4n) is 4.27. The Morgan fingerprint density at radius 2 is 2.12 bits per heavy atom. The first-order valence-corrected chi connectivity index (χ1v) is 11.2. The molecule has 11 nitrogen and oxygen atoms in total. The average Bonchev–Trinajstić information content (AvgIpc) is 3.20. The van der Waals surface area contributed by atoms with Crippen LogP contribution >= 0.6 is 0 Å². The Balaban J connectivity index is 1.29. The minimum absolute atomic E-state index is 0.224. The molecule has 1 amide bonds. The monoisotopic (exact) mass is 462 g/mol. The summed E-state index contributed by atoms with van der Waals surface area (Å²) in [5.74, 6) is 1.24. The van der Waals surface area contributed by atoms with Crippen LogP contribution in [-0.2, 0) is 4.79 Å². The quantitative estimate of drug-likeness (QED) is 0.319. The standard InChI is InChI=1S/C22H23FN10O/c23-17-6-5-14(10-25-17)26-20(34)16-8-13(24)11-33(16)22-28-19-2-1-7-32(19)21(29-22)27-18-9-15(30-31-18)12-3-4-12/h1-2,5-7,9-10,12-13,16H,3-4,8,11,24H2,(H,26,34)(H2,27,28,29,30,31)/t13-,16-/m0/s1. The highest BCUT2D eigenvalue weighted by atomic mass is 19.1. The van der Waals surface area contributed by atoms with Crippen LogP contribution < -0.4 is 21.3 Å². The van der Waals surface area contributed by atoms with E-state index in [4.69, 9.17) is 10.7 Å². The van der Waals surface area contributed by atoms with Gasteiger partial charge >= 0.3 is 0 Å². The van der Waals surface area contributed by atoms with E-state index in [1.54, 1.807) is 4.90 Å². The Labute approximate surface area is 193 Å². The summed E-state index contributed by atoms with van der Waals surface area (Å²) >= 11 is 0. The maximum atomic E-state index is 13.1. The van der Waals surface area contributed by atoms with Crippen molar-refractivity contribution in [3.63, 3.8) is 0 Å². The highest BCUT2D eigenvalue weighted by Crippen LogP contribution is 2.39. The molecule has 2 fully saturated rings. The van der Waals surface area contributed by atoms with Gasteiger partial charge in [0.25, 0.3) is 0 Å². The highest BCUT2D eigenvalue weighted by molar-refractivity contribution is 5.97. The molecule has 174 valence electrons. The van der Waals surface area contributed by atoms with E-state index >= 15 is 0 Å². The number of pyridine rings is 1. The van der Waals surface area contributed by atoms with Gasteiger partial charge in [-0.1, -0.05) is 0 Å². The number of carbonyl (C=O) groups is 1. The predicted octanol–water partition coefficient (Wildman–Crippen LogP) is 2.15. The van der Waals surface area contributed by atoms with Crippen LogP contribution in [0.25, 0.3) is 5.65 Å². The number of anilines is 4. The van der Waals surface area contributed by atoms with Crippen LogP contribution in [0.4, 0.5) is 27.8 Å². The first-order chi connectivity index (χ1) is 16.5. The van der Waals surface area contributed by atoms with Crippen molar-refractivity contribution < 1.29 is 9.18 Å². The molecule has 1 aliphatic carbocycles. The molecule has 2 atom stereocenters. The third-order valence-electron chi connectivity index (χ3n) is 6.12. The molecular formula is C22H23FN10O. The molecule has 0 aromatic carbocycles. The zero-order valence-corrected chi connectivity index (χ0v) is 18.1. The summed E-state index contributed by atoms with van der Waals surface area (Å²) in [7, 11) is 0. The molecule has 0 bridgehead atoms. The molecule has 1 aliphatic heterocycles. The predicted molar refractivity (Wildman–Crippen MR) is 123 cm³/mol. The zero-order chi connectivity index (χ0) is 23.2. The summed E-state index contributed by atoms with van der Waals surface area (Å²) in [6.07, 6.45) is 5.92. The van der Waals surface area contributed by atoms with E-state index in [1.165, 1.54) is 31.2 Å². The third-order valence-corrected chi connectivity index (χ3v) is 6.12. The molecule has 0 radical (unpaired) electrons. The molecule has 4 aromatic rings. The van der Waals surface area contributed by atoms with Crippen LogP contribution in [0.15, 0.2) is 42.7 Å². The van der Waals surface area contributed by atoms with Crippen LogP contribution in [0.3, 0.4) is 0 Å². The number of nitrogens with one attached hydrogen (secondary N) is 3. The summed E-state index contributed by atoms with van der Waals surface area (Å²) < 4.78 is 14.9. The summed E-state index contributed by atoms with van der Waals surface area (Å²) in [5, 5.41) is 13.5. The lowest BCUT2D eigenvalue weighted by molar-refractivity contribution is -0.117. The molecule has 5 heterocycles. The zero-order valence-electron chi connectivity index (χ0n) is 18.1. The normalized spacial score (nSPS) is 20.1. The van der Waals surface area contributed by atoms with E-state index in [9.17, 15) is 9.18 Å². The van der Waals surface area contributed by atoms with Gasteiger partial charge in [-0.2, -0.15) is 19.5 Å². The molecule has 0 unspecified atom stereocenters. The maximum absolute atomic E-state index is 13.1. The van der Waals surface area contributed by atoms with Crippen molar-refractivity contribution in [3.8, 4) is 0 Å². The number of aromatic amines is 1. The lowest BCUT2D eigenvalue weighted by Gasteiger charge is -2.24. The number of nitrogens with zero attached hydrogens (tertiary/aromatic N) is 6. The molecule has 2 aliphatic rings. The van der Waals surface area contributed by atoms with Crippen molar-refractivity contribution in [1.82, 2.24) is 29.5 Å². The van der Waals surface area contributed by atoms with Gasteiger partial charge in [-0.3, -0.25) is 14.3 Å². The molecule has 4 aromatic heterocycles. The second-order valence-corrected chi connectivity index (χ2v) is 8.71. The van der Waals surface area contributed by atoms with E-state index in [2.05, 4.69) is 30.8 Å². The number of hydrogen-bond acceptors (Lipinski definition) is 8. The number of aromatic nitrogens is 6. The molecule has 6 rings (SSSR count). The lowest BCUT2D eigenvalue weighted by atomic mass is 10.1. The van der Waals surface area contributed by atoms with Crippen molar-refractivity contribution in [2.45, 2.75) is 37.3 Å². The summed E-state index contributed by atoms with van der Waals surface area (Å²) in [6.45, 7) is 0.421. The molecular weight excluding hydrogens is 439 g/mol. The minimum atomic E-state index is -0.613. The van der Waals surface area contributed by atoms with Gasteiger partial charge in [0.15, 0.2) is 5.82 Å². The first-order valence-electron chi connectivity index (χ1n) is 11.2. The molecule has 0 spiro atoms. The molecule has 12 heteroatoms. The molecule has 5 N–H and O–H groups in total. The number of nitrogens with two attached hydrogens (primary N) is 1. The number of amides is 1. The van der Waals surface area contributed by atoms with Gasteiger partial charge in [0.05, 0.1) is 11.9 Å². The van der Waals surface area contributed by atoms with Crippen molar-refractivity contribution in [2.75, 3.05) is 22.1 Å². The van der Waals surface area contributed by atoms with Crippen molar-refractivity contribution >= 4 is 35.0 Å². The van der Waals surface area contributed by atoms with E-state index in [0.29, 0.717) is 47.9 Å². The Morgan fingerprint density at radius 1 is 1.24 bits per heavy atom. The van der Waals surface area contributed by atoms with Gasteiger partial charge in [-0.25, -0.2) is 4.98 Å². The Bertz CT molecular complexity index is 1350. The van der Waals surface area contributed by atoms with E-state index in [1.807, 2.05) is 28.8 Å². The Hall–Kier alpha value is -4.06. The maximum Gasteiger partial charge on any atom is 0.247 e. The van der Waals surface area contributed by atoms with Crippen molar-refractivity contribution in [1.29, 1.82) is 0 Å². The van der Waals surface area contributed by atoms with Crippen LogP contribution in [-0.4, -0.2) is 54.1 Å². The SMILES string of the molecule is N[C@H]1C[C@@H](C(=O)Nc2ccc(F)nc2)N(c2nc(Nc3cc(C4CC4)[nH]n3)n3cccc3n2)C1. The topological polar surface area (TPSA) is 142 Å². The van der Waals surface area contributed by atoms with Crippen LogP contribution in [0.1, 0.15) is 30.9 Å². The van der Waals surface area contributed by atoms with Gasteiger partial charge in [0.1, 0.15) is 11.7 Å². The van der Waals surface area contributed by atoms with Gasteiger partial charge in [0.2, 0.25) is 23.8 Å². The fraction of sp³-hybridized carbons (Fsp3) is 0.318.